The van der Waals surface area contributed by atoms with Crippen LogP contribution in [0.2, 0.25) is 5.02 Å². The van der Waals surface area contributed by atoms with Crippen molar-refractivity contribution >= 4 is 50.3 Å². The summed E-state index contributed by atoms with van der Waals surface area (Å²) < 4.78 is 29.0. The number of imidazole rings is 1. The Balaban J connectivity index is 1.38. The molecule has 274 valence electrons. The molecule has 1 saturated heterocycles. The molecule has 0 aliphatic carbocycles. The van der Waals surface area contributed by atoms with Gasteiger partial charge < -0.3 is 30.9 Å². The highest BCUT2D eigenvalue weighted by molar-refractivity contribution is 7.89. The third-order valence-electron chi connectivity index (χ3n) is 9.43. The van der Waals surface area contributed by atoms with E-state index < -0.39 is 34.1 Å². The number of sulfonamides is 1. The Hall–Kier alpha value is -4.17. The van der Waals surface area contributed by atoms with Crippen LogP contribution in [0.4, 0.5) is 10.5 Å². The molecule has 3 aromatic carbocycles. The van der Waals surface area contributed by atoms with Crippen molar-refractivity contribution in [2.75, 3.05) is 31.9 Å². The summed E-state index contributed by atoms with van der Waals surface area (Å²) in [6.07, 6.45) is 1.20. The smallest absolute Gasteiger partial charge is 0.321 e. The standard InChI is InChI=1S/C37H48ClN7O5S/c1-5-25(4)35(45-16-15-43(37(45)48)21-27-11-14-31-32(18-27)41-23-40-31)36(47)42-33(17-26-9-7-6-8-10-26)34(46)22-44(20-24(2)3)51(49,50)28-12-13-29(38)30(39)19-28/h6-14,18-19,23-25,33-35,46H,5,15-17,20-22,39H2,1-4H3,(H,40,41)(H,42,47)/t25?,33-,34+,35?/m0/s1. The number of nitrogens with one attached hydrogen (secondary N) is 2. The lowest BCUT2D eigenvalue weighted by Crippen LogP contribution is -2.57. The van der Waals surface area contributed by atoms with Crippen molar-refractivity contribution in [3.8, 4) is 0 Å². The summed E-state index contributed by atoms with van der Waals surface area (Å²) in [4.78, 5) is 38.8. The van der Waals surface area contributed by atoms with Gasteiger partial charge in [-0.05, 0) is 59.7 Å². The summed E-state index contributed by atoms with van der Waals surface area (Å²) in [5, 5.41) is 15.1. The Morgan fingerprint density at radius 1 is 1.06 bits per heavy atom. The minimum absolute atomic E-state index is 0.0423. The largest absolute Gasteiger partial charge is 0.397 e. The average Bonchev–Trinajstić information content (AvgIpc) is 3.71. The highest BCUT2D eigenvalue weighted by atomic mass is 35.5. The number of hydrogen-bond donors (Lipinski definition) is 4. The number of anilines is 1. The number of carbonyl (C=O) groups excluding carboxylic acids is 2. The molecule has 0 bridgehead atoms. The molecule has 0 spiro atoms. The van der Waals surface area contributed by atoms with Gasteiger partial charge in [-0.15, -0.1) is 0 Å². The number of nitrogen functional groups attached to an aromatic ring is 1. The van der Waals surface area contributed by atoms with E-state index in [4.69, 9.17) is 17.3 Å². The fourth-order valence-corrected chi connectivity index (χ4v) is 8.28. The van der Waals surface area contributed by atoms with Gasteiger partial charge >= 0.3 is 6.03 Å². The second-order valence-electron chi connectivity index (χ2n) is 13.8. The number of carbonyl (C=O) groups is 2. The topological polar surface area (TPSA) is 165 Å². The lowest BCUT2D eigenvalue weighted by molar-refractivity contribution is -0.128. The lowest BCUT2D eigenvalue weighted by Gasteiger charge is -2.35. The van der Waals surface area contributed by atoms with Crippen molar-refractivity contribution in [1.82, 2.24) is 29.4 Å². The van der Waals surface area contributed by atoms with Gasteiger partial charge in [0.1, 0.15) is 6.04 Å². The Morgan fingerprint density at radius 2 is 1.80 bits per heavy atom. The first-order valence-electron chi connectivity index (χ1n) is 17.3. The van der Waals surface area contributed by atoms with E-state index in [-0.39, 0.29) is 53.0 Å². The molecular weight excluding hydrogens is 690 g/mol. The summed E-state index contributed by atoms with van der Waals surface area (Å²) in [5.41, 5.74) is 9.60. The molecule has 5 rings (SSSR count). The van der Waals surface area contributed by atoms with Crippen molar-refractivity contribution in [3.63, 3.8) is 0 Å². The third kappa shape index (κ3) is 9.01. The fourth-order valence-electron chi connectivity index (χ4n) is 6.50. The number of aliphatic hydroxyl groups excluding tert-OH is 1. The molecule has 0 saturated carbocycles. The molecule has 14 heteroatoms. The summed E-state index contributed by atoms with van der Waals surface area (Å²) >= 11 is 6.08. The van der Waals surface area contributed by atoms with Crippen LogP contribution in [0.1, 0.15) is 45.2 Å². The van der Waals surface area contributed by atoms with Crippen LogP contribution in [0.5, 0.6) is 0 Å². The lowest BCUT2D eigenvalue weighted by atomic mass is 9.95. The number of nitrogens with zero attached hydrogens (tertiary/aromatic N) is 4. The highest BCUT2D eigenvalue weighted by Crippen LogP contribution is 2.27. The molecule has 51 heavy (non-hydrogen) atoms. The van der Waals surface area contributed by atoms with Gasteiger partial charge in [-0.25, -0.2) is 18.2 Å². The van der Waals surface area contributed by atoms with E-state index in [1.54, 1.807) is 16.1 Å². The van der Waals surface area contributed by atoms with Gasteiger partial charge in [0.2, 0.25) is 15.9 Å². The zero-order chi connectivity index (χ0) is 36.9. The zero-order valence-corrected chi connectivity index (χ0v) is 31.1. The number of urea groups is 1. The van der Waals surface area contributed by atoms with Crippen molar-refractivity contribution in [2.45, 2.75) is 70.2 Å². The maximum atomic E-state index is 14.3. The highest BCUT2D eigenvalue weighted by Gasteiger charge is 2.41. The number of aliphatic hydroxyl groups is 1. The van der Waals surface area contributed by atoms with Crippen LogP contribution < -0.4 is 11.1 Å². The van der Waals surface area contributed by atoms with Crippen LogP contribution in [0.15, 0.2) is 78.0 Å². The molecule has 4 atom stereocenters. The molecule has 12 nitrogen and oxygen atoms in total. The Labute approximate surface area is 305 Å². The predicted octanol–water partition coefficient (Wildman–Crippen LogP) is 4.89. The van der Waals surface area contributed by atoms with E-state index in [0.717, 1.165) is 22.2 Å². The Bertz CT molecular complexity index is 1920. The van der Waals surface area contributed by atoms with E-state index in [1.807, 2.05) is 76.2 Å². The second-order valence-corrected chi connectivity index (χ2v) is 16.1. The first-order valence-corrected chi connectivity index (χ1v) is 19.1. The molecule has 1 fully saturated rings. The number of benzene rings is 3. The van der Waals surface area contributed by atoms with Gasteiger partial charge in [-0.3, -0.25) is 4.79 Å². The van der Waals surface area contributed by atoms with Crippen LogP contribution in [-0.4, -0.2) is 93.9 Å². The molecular formula is C37H48ClN7O5S. The molecule has 5 N–H and O–H groups in total. The van der Waals surface area contributed by atoms with Crippen LogP contribution in [-0.2, 0) is 27.8 Å². The quantitative estimate of drug-likeness (QED) is 0.119. The summed E-state index contributed by atoms with van der Waals surface area (Å²) in [7, 11) is -4.10. The van der Waals surface area contributed by atoms with E-state index >= 15 is 0 Å². The van der Waals surface area contributed by atoms with Gasteiger partial charge in [0, 0.05) is 32.7 Å². The summed E-state index contributed by atoms with van der Waals surface area (Å²) in [6, 6.07) is 17.4. The maximum Gasteiger partial charge on any atom is 0.321 e. The van der Waals surface area contributed by atoms with Gasteiger partial charge in [-0.1, -0.05) is 82.1 Å². The first kappa shape index (κ1) is 38.1. The molecule has 3 amide bonds. The number of hydrogen-bond acceptors (Lipinski definition) is 7. The Kier molecular flexibility index (Phi) is 12.3. The number of H-pyrrole nitrogens is 1. The maximum absolute atomic E-state index is 14.3. The molecule has 4 aromatic rings. The predicted molar refractivity (Wildman–Crippen MR) is 199 cm³/mol. The van der Waals surface area contributed by atoms with E-state index in [9.17, 15) is 23.1 Å². The van der Waals surface area contributed by atoms with Crippen molar-refractivity contribution in [2.24, 2.45) is 11.8 Å². The molecule has 1 aliphatic heterocycles. The fraction of sp³-hybridized carbons (Fsp3) is 0.432. The number of amides is 3. The monoisotopic (exact) mass is 737 g/mol. The van der Waals surface area contributed by atoms with Crippen LogP contribution >= 0.6 is 11.6 Å². The number of fused-ring (bicyclic) bond motifs is 1. The SMILES string of the molecule is CCC(C)C(C(=O)N[C@@H](Cc1ccccc1)[C@H](O)CN(CC(C)C)S(=O)(=O)c1ccc(Cl)c(N)c1)N1CCN(Cc2ccc3nc[nH]c3c2)C1=O. The zero-order valence-electron chi connectivity index (χ0n) is 29.5. The van der Waals surface area contributed by atoms with Crippen LogP contribution in [0, 0.1) is 11.8 Å². The minimum Gasteiger partial charge on any atom is -0.397 e. The van der Waals surface area contributed by atoms with Crippen molar-refractivity contribution in [3.05, 3.63) is 89.2 Å². The van der Waals surface area contributed by atoms with Gasteiger partial charge in [0.25, 0.3) is 0 Å². The first-order chi connectivity index (χ1) is 24.3. The molecule has 2 unspecified atom stereocenters. The van der Waals surface area contributed by atoms with E-state index in [2.05, 4.69) is 15.3 Å². The number of nitrogens with two attached hydrogens (primary N) is 1. The number of aromatic amines is 1. The number of aromatic nitrogens is 2. The summed E-state index contributed by atoms with van der Waals surface area (Å²) in [5.74, 6) is -0.667. The molecule has 1 aromatic heterocycles. The number of rotatable bonds is 16. The molecule has 0 radical (unpaired) electrons. The summed E-state index contributed by atoms with van der Waals surface area (Å²) in [6.45, 7) is 8.71. The molecule has 1 aliphatic rings. The minimum atomic E-state index is -4.10. The number of halogens is 1. The van der Waals surface area contributed by atoms with Crippen LogP contribution in [0.25, 0.3) is 11.0 Å². The average molecular weight is 738 g/mol. The Morgan fingerprint density at radius 3 is 2.49 bits per heavy atom. The third-order valence-corrected chi connectivity index (χ3v) is 11.6. The molecule has 2 heterocycles. The van der Waals surface area contributed by atoms with Gasteiger partial charge in [0.15, 0.2) is 0 Å². The van der Waals surface area contributed by atoms with Crippen molar-refractivity contribution in [1.29, 1.82) is 0 Å². The van der Waals surface area contributed by atoms with Gasteiger partial charge in [0.05, 0.1) is 45.1 Å². The van der Waals surface area contributed by atoms with E-state index in [1.165, 1.54) is 22.5 Å². The second kappa shape index (κ2) is 16.4. The van der Waals surface area contributed by atoms with Gasteiger partial charge in [-0.2, -0.15) is 4.31 Å². The normalized spacial score (nSPS) is 16.2. The van der Waals surface area contributed by atoms with Crippen molar-refractivity contribution < 1.29 is 23.1 Å². The van der Waals surface area contributed by atoms with E-state index in [0.29, 0.717) is 26.1 Å². The van der Waals surface area contributed by atoms with Crippen LogP contribution in [0.3, 0.4) is 0 Å².